The monoisotopic (exact) mass is 332 g/mol. The predicted molar refractivity (Wildman–Crippen MR) is 70.0 cm³/mol. The molecule has 0 radical (unpaired) electrons. The lowest BCUT2D eigenvalue weighted by Gasteiger charge is -2.29. The molecule has 82 valence electrons. The maximum atomic E-state index is 5.44. The van der Waals surface area contributed by atoms with Crippen LogP contribution in [0.15, 0.2) is 16.6 Å². The van der Waals surface area contributed by atoms with Crippen LogP contribution in [0.1, 0.15) is 41.6 Å². The number of alkyl halides is 1. The second kappa shape index (κ2) is 4.46. The summed E-state index contributed by atoms with van der Waals surface area (Å²) < 4.78 is 6.63. The fourth-order valence-corrected chi connectivity index (χ4v) is 3.97. The number of halogens is 2. The van der Waals surface area contributed by atoms with Crippen molar-refractivity contribution < 1.29 is 4.74 Å². The molecule has 15 heavy (non-hydrogen) atoms. The summed E-state index contributed by atoms with van der Waals surface area (Å²) >= 11 is 7.37. The Morgan fingerprint density at radius 2 is 2.00 bits per heavy atom. The van der Waals surface area contributed by atoms with Crippen molar-refractivity contribution in [3.05, 3.63) is 27.7 Å². The topological polar surface area (TPSA) is 9.23 Å². The smallest absolute Gasteiger partial charge is 0.122 e. The summed E-state index contributed by atoms with van der Waals surface area (Å²) in [5.41, 5.74) is 2.73. The van der Waals surface area contributed by atoms with Crippen molar-refractivity contribution in [2.75, 3.05) is 7.11 Å². The second-order valence-corrected chi connectivity index (χ2v) is 5.98. The van der Waals surface area contributed by atoms with E-state index in [2.05, 4.69) is 44.8 Å². The molecule has 0 fully saturated rings. The van der Waals surface area contributed by atoms with Crippen LogP contribution in [0.5, 0.6) is 5.75 Å². The Hall–Kier alpha value is -0.0200. The normalized spacial score (nSPS) is 24.8. The van der Waals surface area contributed by atoms with Crippen LogP contribution in [0, 0.1) is 0 Å². The molecule has 2 unspecified atom stereocenters. The van der Waals surface area contributed by atoms with E-state index in [1.807, 2.05) is 6.07 Å². The van der Waals surface area contributed by atoms with Crippen LogP contribution >= 0.6 is 31.9 Å². The molecule has 0 aliphatic heterocycles. The molecule has 3 heteroatoms. The standard InChI is InChI=1S/C12H14Br2O/c1-7-3-4-8(13)12-9(14)5-6-10(15-2)11(7)12/h5-8H,3-4H2,1-2H3. The third kappa shape index (κ3) is 1.96. The van der Waals surface area contributed by atoms with Crippen LogP contribution in [0.2, 0.25) is 0 Å². The van der Waals surface area contributed by atoms with E-state index in [9.17, 15) is 0 Å². The van der Waals surface area contributed by atoms with Gasteiger partial charge in [0.15, 0.2) is 0 Å². The van der Waals surface area contributed by atoms with E-state index >= 15 is 0 Å². The highest BCUT2D eigenvalue weighted by molar-refractivity contribution is 9.11. The molecule has 0 heterocycles. The van der Waals surface area contributed by atoms with Crippen molar-refractivity contribution in [1.29, 1.82) is 0 Å². The molecule has 1 aliphatic carbocycles. The Morgan fingerprint density at radius 1 is 1.27 bits per heavy atom. The Bertz CT molecular complexity index is 376. The maximum absolute atomic E-state index is 5.44. The van der Waals surface area contributed by atoms with Crippen molar-refractivity contribution in [1.82, 2.24) is 0 Å². The minimum absolute atomic E-state index is 0.452. The van der Waals surface area contributed by atoms with Crippen LogP contribution in [-0.2, 0) is 0 Å². The lowest BCUT2D eigenvalue weighted by Crippen LogP contribution is -2.11. The van der Waals surface area contributed by atoms with Crippen LogP contribution in [0.4, 0.5) is 0 Å². The van der Waals surface area contributed by atoms with E-state index in [1.54, 1.807) is 7.11 Å². The van der Waals surface area contributed by atoms with Crippen molar-refractivity contribution in [2.24, 2.45) is 0 Å². The number of hydrogen-bond acceptors (Lipinski definition) is 1. The highest BCUT2D eigenvalue weighted by Gasteiger charge is 2.27. The number of rotatable bonds is 1. The van der Waals surface area contributed by atoms with Crippen molar-refractivity contribution >= 4 is 31.9 Å². The SMILES string of the molecule is COc1ccc(Br)c2c1C(C)CCC2Br. The third-order valence-electron chi connectivity index (χ3n) is 3.07. The summed E-state index contributed by atoms with van der Waals surface area (Å²) in [5, 5.41) is 0. The number of ether oxygens (including phenoxy) is 1. The van der Waals surface area contributed by atoms with Gasteiger partial charge in [-0.1, -0.05) is 38.8 Å². The van der Waals surface area contributed by atoms with Gasteiger partial charge in [0.05, 0.1) is 7.11 Å². The minimum atomic E-state index is 0.452. The first kappa shape index (κ1) is 11.5. The molecule has 1 aliphatic rings. The van der Waals surface area contributed by atoms with E-state index in [1.165, 1.54) is 28.4 Å². The molecule has 1 nitrogen and oxygen atoms in total. The van der Waals surface area contributed by atoms with Gasteiger partial charge in [-0.05, 0) is 36.5 Å². The van der Waals surface area contributed by atoms with Crippen LogP contribution < -0.4 is 4.74 Å². The van der Waals surface area contributed by atoms with E-state index in [0.29, 0.717) is 10.7 Å². The zero-order valence-electron chi connectivity index (χ0n) is 8.89. The van der Waals surface area contributed by atoms with Gasteiger partial charge in [-0.2, -0.15) is 0 Å². The molecular weight excluding hydrogens is 320 g/mol. The molecule has 2 atom stereocenters. The van der Waals surface area contributed by atoms with E-state index in [-0.39, 0.29) is 0 Å². The lowest BCUT2D eigenvalue weighted by atomic mass is 9.83. The quantitative estimate of drug-likeness (QED) is 0.671. The first-order valence-corrected chi connectivity index (χ1v) is 6.86. The highest BCUT2D eigenvalue weighted by Crippen LogP contribution is 2.48. The summed E-state index contributed by atoms with van der Waals surface area (Å²) in [7, 11) is 1.74. The fourth-order valence-electron chi connectivity index (χ4n) is 2.28. The zero-order valence-corrected chi connectivity index (χ0v) is 12.1. The van der Waals surface area contributed by atoms with E-state index < -0.39 is 0 Å². The fraction of sp³-hybridized carbons (Fsp3) is 0.500. The van der Waals surface area contributed by atoms with Crippen molar-refractivity contribution in [3.8, 4) is 5.75 Å². The summed E-state index contributed by atoms with van der Waals surface area (Å²) in [6.07, 6.45) is 2.41. The first-order chi connectivity index (χ1) is 7.15. The summed E-state index contributed by atoms with van der Waals surface area (Å²) in [4.78, 5) is 0.452. The molecular formula is C12H14Br2O. The third-order valence-corrected chi connectivity index (χ3v) is 4.68. The average Bonchev–Trinajstić information content (AvgIpc) is 2.23. The summed E-state index contributed by atoms with van der Waals surface area (Å²) in [6, 6.07) is 4.12. The number of hydrogen-bond donors (Lipinski definition) is 0. The molecule has 0 amide bonds. The van der Waals surface area contributed by atoms with Gasteiger partial charge in [0, 0.05) is 14.9 Å². The second-order valence-electron chi connectivity index (χ2n) is 4.02. The molecule has 0 N–H and O–H groups in total. The average molecular weight is 334 g/mol. The summed E-state index contributed by atoms with van der Waals surface area (Å²) in [5.74, 6) is 1.60. The maximum Gasteiger partial charge on any atom is 0.122 e. The van der Waals surface area contributed by atoms with Gasteiger partial charge in [-0.25, -0.2) is 0 Å². The van der Waals surface area contributed by atoms with Gasteiger partial charge in [-0.15, -0.1) is 0 Å². The molecule has 0 bridgehead atoms. The molecule has 1 aromatic rings. The van der Waals surface area contributed by atoms with E-state index in [0.717, 1.165) is 5.75 Å². The van der Waals surface area contributed by atoms with Crippen LogP contribution in [-0.4, -0.2) is 7.11 Å². The van der Waals surface area contributed by atoms with Gasteiger partial charge >= 0.3 is 0 Å². The van der Waals surface area contributed by atoms with Gasteiger partial charge in [0.25, 0.3) is 0 Å². The molecule has 0 aromatic heterocycles. The highest BCUT2D eigenvalue weighted by atomic mass is 79.9. The molecule has 0 spiro atoms. The summed E-state index contributed by atoms with van der Waals surface area (Å²) in [6.45, 7) is 2.27. The van der Waals surface area contributed by atoms with Crippen LogP contribution in [0.25, 0.3) is 0 Å². The van der Waals surface area contributed by atoms with Gasteiger partial charge in [0.2, 0.25) is 0 Å². The lowest BCUT2D eigenvalue weighted by molar-refractivity contribution is 0.400. The number of benzene rings is 1. The Morgan fingerprint density at radius 3 is 2.67 bits per heavy atom. The zero-order chi connectivity index (χ0) is 11.0. The molecule has 0 saturated carbocycles. The Labute approximate surface area is 107 Å². The predicted octanol–water partition coefficient (Wildman–Crippen LogP) is 4.79. The molecule has 0 saturated heterocycles. The van der Waals surface area contributed by atoms with Crippen molar-refractivity contribution in [3.63, 3.8) is 0 Å². The van der Waals surface area contributed by atoms with Crippen molar-refractivity contribution in [2.45, 2.75) is 30.5 Å². The number of fused-ring (bicyclic) bond motifs is 1. The Kier molecular flexibility index (Phi) is 3.41. The van der Waals surface area contributed by atoms with Gasteiger partial charge in [0.1, 0.15) is 5.75 Å². The van der Waals surface area contributed by atoms with Gasteiger partial charge < -0.3 is 4.74 Å². The Balaban J connectivity index is 2.63. The first-order valence-electron chi connectivity index (χ1n) is 5.15. The van der Waals surface area contributed by atoms with E-state index in [4.69, 9.17) is 4.74 Å². The number of methoxy groups -OCH3 is 1. The van der Waals surface area contributed by atoms with Gasteiger partial charge in [-0.3, -0.25) is 0 Å². The molecule has 1 aromatic carbocycles. The largest absolute Gasteiger partial charge is 0.496 e. The minimum Gasteiger partial charge on any atom is -0.496 e. The van der Waals surface area contributed by atoms with Crippen LogP contribution in [0.3, 0.4) is 0 Å². The molecule has 2 rings (SSSR count).